The molecular weight excluding hydrogens is 322 g/mol. The second kappa shape index (κ2) is 6.49. The third-order valence-electron chi connectivity index (χ3n) is 4.06. The van der Waals surface area contributed by atoms with Gasteiger partial charge in [0.15, 0.2) is 17.3 Å². The molecule has 4 rings (SSSR count). The van der Waals surface area contributed by atoms with Gasteiger partial charge in [0.05, 0.1) is 6.10 Å². The molecule has 0 bridgehead atoms. The molecule has 0 saturated heterocycles. The molecular formula is C19H17NO5. The SMILES string of the molecule is O=C(NC[C@H](O)c1ccc2c(c1)OCCO2)c1cc2ccccc2o1. The van der Waals surface area contributed by atoms with Gasteiger partial charge in [-0.2, -0.15) is 0 Å². The summed E-state index contributed by atoms with van der Waals surface area (Å²) >= 11 is 0. The number of fused-ring (bicyclic) bond motifs is 2. The summed E-state index contributed by atoms with van der Waals surface area (Å²) in [6, 6.07) is 14.3. The minimum Gasteiger partial charge on any atom is -0.486 e. The summed E-state index contributed by atoms with van der Waals surface area (Å²) in [6.45, 7) is 1.06. The number of aliphatic hydroxyl groups is 1. The number of rotatable bonds is 4. The average molecular weight is 339 g/mol. The second-order valence-corrected chi connectivity index (χ2v) is 5.78. The molecule has 6 nitrogen and oxygen atoms in total. The Labute approximate surface area is 144 Å². The number of ether oxygens (including phenoxy) is 2. The van der Waals surface area contributed by atoms with Gasteiger partial charge < -0.3 is 24.3 Å². The molecule has 0 spiro atoms. The van der Waals surface area contributed by atoms with Crippen LogP contribution in [0, 0.1) is 0 Å². The fourth-order valence-electron chi connectivity index (χ4n) is 2.76. The van der Waals surface area contributed by atoms with Crippen LogP contribution in [0.1, 0.15) is 22.2 Å². The van der Waals surface area contributed by atoms with Crippen molar-refractivity contribution in [3.8, 4) is 11.5 Å². The topological polar surface area (TPSA) is 80.9 Å². The smallest absolute Gasteiger partial charge is 0.287 e. The summed E-state index contributed by atoms with van der Waals surface area (Å²) in [4.78, 5) is 12.2. The summed E-state index contributed by atoms with van der Waals surface area (Å²) in [6.07, 6.45) is -0.857. The minimum absolute atomic E-state index is 0.0650. The van der Waals surface area contributed by atoms with Crippen LogP contribution in [0.3, 0.4) is 0 Å². The number of carbonyl (C=O) groups is 1. The molecule has 128 valence electrons. The molecule has 0 saturated carbocycles. The quantitative estimate of drug-likeness (QED) is 0.764. The zero-order chi connectivity index (χ0) is 17.2. The molecule has 1 atom stereocenters. The number of carbonyl (C=O) groups excluding carboxylic acids is 1. The summed E-state index contributed by atoms with van der Waals surface area (Å²) in [5.74, 6) is 1.11. The Morgan fingerprint density at radius 3 is 2.72 bits per heavy atom. The molecule has 1 amide bonds. The Kier molecular flexibility index (Phi) is 4.03. The predicted octanol–water partition coefficient (Wildman–Crippen LogP) is 2.67. The van der Waals surface area contributed by atoms with Crippen LogP contribution in [0.2, 0.25) is 0 Å². The molecule has 0 aliphatic carbocycles. The molecule has 0 radical (unpaired) electrons. The number of benzene rings is 2. The molecule has 0 fully saturated rings. The van der Waals surface area contributed by atoms with Gasteiger partial charge in [-0.05, 0) is 29.8 Å². The standard InChI is InChI=1S/C19H17NO5/c21-14(12-5-6-16-17(9-12)24-8-7-23-16)11-20-19(22)18-10-13-3-1-2-4-15(13)25-18/h1-6,9-10,14,21H,7-8,11H2,(H,20,22)/t14-/m0/s1. The Balaban J connectivity index is 1.42. The molecule has 2 heterocycles. The lowest BCUT2D eigenvalue weighted by molar-refractivity contribution is 0.0890. The van der Waals surface area contributed by atoms with Crippen LogP contribution in [-0.2, 0) is 0 Å². The van der Waals surface area contributed by atoms with Crippen LogP contribution in [0.15, 0.2) is 52.9 Å². The van der Waals surface area contributed by atoms with E-state index in [1.165, 1.54) is 0 Å². The highest BCUT2D eigenvalue weighted by atomic mass is 16.6. The molecule has 2 N–H and O–H groups in total. The first kappa shape index (κ1) is 15.5. The Morgan fingerprint density at radius 1 is 1.08 bits per heavy atom. The lowest BCUT2D eigenvalue weighted by Gasteiger charge is -2.20. The maximum absolute atomic E-state index is 12.2. The lowest BCUT2D eigenvalue weighted by atomic mass is 10.1. The van der Waals surface area contributed by atoms with Crippen molar-refractivity contribution >= 4 is 16.9 Å². The zero-order valence-electron chi connectivity index (χ0n) is 13.4. The number of nitrogens with one attached hydrogen (secondary N) is 1. The lowest BCUT2D eigenvalue weighted by Crippen LogP contribution is -2.28. The number of aliphatic hydroxyl groups excluding tert-OH is 1. The number of furan rings is 1. The predicted molar refractivity (Wildman–Crippen MR) is 90.9 cm³/mol. The maximum atomic E-state index is 12.2. The van der Waals surface area contributed by atoms with Gasteiger partial charge in [-0.1, -0.05) is 24.3 Å². The average Bonchev–Trinajstić information content (AvgIpc) is 3.09. The first-order chi connectivity index (χ1) is 12.2. The zero-order valence-corrected chi connectivity index (χ0v) is 13.4. The first-order valence-electron chi connectivity index (χ1n) is 8.05. The van der Waals surface area contributed by atoms with E-state index in [1.807, 2.05) is 18.2 Å². The van der Waals surface area contributed by atoms with E-state index in [0.29, 0.717) is 35.9 Å². The van der Waals surface area contributed by atoms with Crippen LogP contribution in [0.4, 0.5) is 0 Å². The maximum Gasteiger partial charge on any atom is 0.287 e. The first-order valence-corrected chi connectivity index (χ1v) is 8.05. The fourth-order valence-corrected chi connectivity index (χ4v) is 2.76. The van der Waals surface area contributed by atoms with Crippen LogP contribution in [0.25, 0.3) is 11.0 Å². The van der Waals surface area contributed by atoms with E-state index in [1.54, 1.807) is 30.3 Å². The van der Waals surface area contributed by atoms with Gasteiger partial charge in [-0.15, -0.1) is 0 Å². The van der Waals surface area contributed by atoms with Crippen LogP contribution >= 0.6 is 0 Å². The number of hydrogen-bond acceptors (Lipinski definition) is 5. The Bertz CT molecular complexity index is 884. The van der Waals surface area contributed by atoms with Gasteiger partial charge in [-0.25, -0.2) is 0 Å². The molecule has 1 aromatic heterocycles. The third kappa shape index (κ3) is 3.16. The third-order valence-corrected chi connectivity index (χ3v) is 4.06. The van der Waals surface area contributed by atoms with Crippen LogP contribution in [0.5, 0.6) is 11.5 Å². The molecule has 6 heteroatoms. The van der Waals surface area contributed by atoms with Crippen molar-refractivity contribution in [2.75, 3.05) is 19.8 Å². The van der Waals surface area contributed by atoms with Gasteiger partial charge in [0.25, 0.3) is 5.91 Å². The summed E-state index contributed by atoms with van der Waals surface area (Å²) in [5.41, 5.74) is 1.30. The van der Waals surface area contributed by atoms with E-state index in [4.69, 9.17) is 13.9 Å². The van der Waals surface area contributed by atoms with Crippen molar-refractivity contribution in [3.63, 3.8) is 0 Å². The Morgan fingerprint density at radius 2 is 1.88 bits per heavy atom. The highest BCUT2D eigenvalue weighted by Crippen LogP contribution is 2.32. The van der Waals surface area contributed by atoms with E-state index < -0.39 is 6.10 Å². The second-order valence-electron chi connectivity index (χ2n) is 5.78. The summed E-state index contributed by atoms with van der Waals surface area (Å²) in [5, 5.41) is 13.9. The van der Waals surface area contributed by atoms with E-state index in [0.717, 1.165) is 5.39 Å². The van der Waals surface area contributed by atoms with Crippen molar-refractivity contribution in [1.82, 2.24) is 5.32 Å². The number of hydrogen-bond donors (Lipinski definition) is 2. The van der Waals surface area contributed by atoms with Crippen LogP contribution in [-0.4, -0.2) is 30.8 Å². The van der Waals surface area contributed by atoms with Crippen LogP contribution < -0.4 is 14.8 Å². The summed E-state index contributed by atoms with van der Waals surface area (Å²) in [7, 11) is 0. The Hall–Kier alpha value is -2.99. The minimum atomic E-state index is -0.857. The number of para-hydroxylation sites is 1. The largest absolute Gasteiger partial charge is 0.486 e. The molecule has 2 aromatic carbocycles. The van der Waals surface area contributed by atoms with Gasteiger partial charge in [0.1, 0.15) is 18.8 Å². The van der Waals surface area contributed by atoms with Crippen molar-refractivity contribution in [2.45, 2.75) is 6.10 Å². The molecule has 0 unspecified atom stereocenters. The van der Waals surface area contributed by atoms with Crippen molar-refractivity contribution in [2.24, 2.45) is 0 Å². The fraction of sp³-hybridized carbons (Fsp3) is 0.211. The summed E-state index contributed by atoms with van der Waals surface area (Å²) < 4.78 is 16.5. The van der Waals surface area contributed by atoms with Gasteiger partial charge in [0, 0.05) is 11.9 Å². The monoisotopic (exact) mass is 339 g/mol. The molecule has 1 aliphatic rings. The molecule has 1 aliphatic heterocycles. The highest BCUT2D eigenvalue weighted by molar-refractivity contribution is 5.96. The highest BCUT2D eigenvalue weighted by Gasteiger charge is 2.17. The van der Waals surface area contributed by atoms with Gasteiger partial charge in [0.2, 0.25) is 0 Å². The van der Waals surface area contributed by atoms with Gasteiger partial charge in [-0.3, -0.25) is 4.79 Å². The molecule has 3 aromatic rings. The van der Waals surface area contributed by atoms with E-state index >= 15 is 0 Å². The van der Waals surface area contributed by atoms with E-state index in [9.17, 15) is 9.90 Å². The van der Waals surface area contributed by atoms with Crippen molar-refractivity contribution in [3.05, 3.63) is 59.9 Å². The van der Waals surface area contributed by atoms with Gasteiger partial charge >= 0.3 is 0 Å². The molecule has 25 heavy (non-hydrogen) atoms. The number of amides is 1. The van der Waals surface area contributed by atoms with Crippen molar-refractivity contribution in [1.29, 1.82) is 0 Å². The normalized spacial score (nSPS) is 14.3. The van der Waals surface area contributed by atoms with Crippen molar-refractivity contribution < 1.29 is 23.8 Å². The van der Waals surface area contributed by atoms with E-state index in [-0.39, 0.29) is 18.2 Å². The van der Waals surface area contributed by atoms with E-state index in [2.05, 4.69) is 5.32 Å².